The lowest BCUT2D eigenvalue weighted by atomic mass is 10.2. The first-order valence-corrected chi connectivity index (χ1v) is 3.89. The fraction of sp³-hybridized carbons (Fsp3) is 0.250. The molecule has 1 amide bonds. The average molecular weight is 217 g/mol. The van der Waals surface area contributed by atoms with Crippen LogP contribution in [0.2, 0.25) is 0 Å². The SMILES string of the molecule is COc1cc(C(F)F)c(C(N)=O)nc1N. The minimum Gasteiger partial charge on any atom is -0.493 e. The number of nitrogens with two attached hydrogens (primary N) is 2. The van der Waals surface area contributed by atoms with Crippen LogP contribution in [0.25, 0.3) is 0 Å². The van der Waals surface area contributed by atoms with Gasteiger partial charge in [-0.15, -0.1) is 0 Å². The molecule has 0 atom stereocenters. The number of nitrogens with zero attached hydrogens (tertiary/aromatic N) is 1. The van der Waals surface area contributed by atoms with Crippen LogP contribution in [-0.4, -0.2) is 18.0 Å². The third kappa shape index (κ3) is 2.12. The van der Waals surface area contributed by atoms with Gasteiger partial charge in [0.15, 0.2) is 11.6 Å². The van der Waals surface area contributed by atoms with Crippen LogP contribution >= 0.6 is 0 Å². The van der Waals surface area contributed by atoms with Gasteiger partial charge < -0.3 is 16.2 Å². The molecule has 0 aliphatic carbocycles. The van der Waals surface area contributed by atoms with Crippen LogP contribution in [-0.2, 0) is 0 Å². The molecular weight excluding hydrogens is 208 g/mol. The third-order valence-electron chi connectivity index (χ3n) is 1.73. The number of nitrogen functional groups attached to an aromatic ring is 1. The Morgan fingerprint density at radius 1 is 1.60 bits per heavy atom. The number of ether oxygens (including phenoxy) is 1. The van der Waals surface area contributed by atoms with Crippen LogP contribution in [0.4, 0.5) is 14.6 Å². The quantitative estimate of drug-likeness (QED) is 0.779. The molecular formula is C8H9F2N3O2. The summed E-state index contributed by atoms with van der Waals surface area (Å²) in [4.78, 5) is 14.3. The van der Waals surface area contributed by atoms with Gasteiger partial charge in [0, 0.05) is 0 Å². The zero-order valence-electron chi connectivity index (χ0n) is 7.83. The van der Waals surface area contributed by atoms with Crippen LogP contribution < -0.4 is 16.2 Å². The maximum Gasteiger partial charge on any atom is 0.267 e. The number of primary amides is 1. The first-order valence-electron chi connectivity index (χ1n) is 3.89. The van der Waals surface area contributed by atoms with Gasteiger partial charge in [-0.3, -0.25) is 4.79 Å². The van der Waals surface area contributed by atoms with Crippen LogP contribution in [0.3, 0.4) is 0 Å². The standard InChI is InChI=1S/C8H9F2N3O2/c1-15-4-2-3(6(9)10)5(8(12)14)13-7(4)11/h2,6H,1H3,(H2,11,13)(H2,12,14). The van der Waals surface area contributed by atoms with Gasteiger partial charge in [0.2, 0.25) is 0 Å². The number of hydrogen-bond acceptors (Lipinski definition) is 4. The summed E-state index contributed by atoms with van der Waals surface area (Å²) in [5.74, 6) is -1.23. The lowest BCUT2D eigenvalue weighted by molar-refractivity contribution is 0.0980. The van der Waals surface area contributed by atoms with E-state index in [1.807, 2.05) is 0 Å². The van der Waals surface area contributed by atoms with Crippen LogP contribution in [0.15, 0.2) is 6.07 Å². The molecule has 0 fully saturated rings. The largest absolute Gasteiger partial charge is 0.493 e. The molecule has 1 aromatic rings. The number of rotatable bonds is 3. The topological polar surface area (TPSA) is 91.2 Å². The highest BCUT2D eigenvalue weighted by Crippen LogP contribution is 2.29. The van der Waals surface area contributed by atoms with E-state index in [9.17, 15) is 13.6 Å². The number of pyridine rings is 1. The Labute approximate surface area is 84.0 Å². The number of aromatic nitrogens is 1. The number of methoxy groups -OCH3 is 1. The Kier molecular flexibility index (Phi) is 3.03. The number of hydrogen-bond donors (Lipinski definition) is 2. The van der Waals surface area contributed by atoms with Gasteiger partial charge >= 0.3 is 0 Å². The molecule has 7 heteroatoms. The molecule has 5 nitrogen and oxygen atoms in total. The minimum atomic E-state index is -2.87. The van der Waals surface area contributed by atoms with Crippen molar-refractivity contribution in [1.29, 1.82) is 0 Å². The highest BCUT2D eigenvalue weighted by Gasteiger charge is 2.21. The van der Waals surface area contributed by atoms with E-state index in [0.717, 1.165) is 6.07 Å². The van der Waals surface area contributed by atoms with Crippen molar-refractivity contribution in [1.82, 2.24) is 4.98 Å². The summed E-state index contributed by atoms with van der Waals surface area (Å²) in [6.45, 7) is 0. The smallest absolute Gasteiger partial charge is 0.267 e. The molecule has 1 heterocycles. The fourth-order valence-corrected chi connectivity index (χ4v) is 1.05. The van der Waals surface area contributed by atoms with E-state index in [1.54, 1.807) is 0 Å². The predicted molar refractivity (Wildman–Crippen MR) is 48.7 cm³/mol. The maximum absolute atomic E-state index is 12.5. The minimum absolute atomic E-state index is 0.0182. The van der Waals surface area contributed by atoms with Crippen LogP contribution in [0.1, 0.15) is 22.5 Å². The first-order chi connectivity index (χ1) is 6.97. The lowest BCUT2D eigenvalue weighted by Gasteiger charge is -2.09. The molecule has 0 aliphatic rings. The molecule has 4 N–H and O–H groups in total. The molecule has 1 rings (SSSR count). The molecule has 82 valence electrons. The van der Waals surface area contributed by atoms with E-state index in [4.69, 9.17) is 16.2 Å². The monoisotopic (exact) mass is 217 g/mol. The van der Waals surface area contributed by atoms with E-state index in [-0.39, 0.29) is 11.6 Å². The first kappa shape index (κ1) is 11.2. The second kappa shape index (κ2) is 4.07. The summed E-state index contributed by atoms with van der Waals surface area (Å²) in [5.41, 5.74) is 9.10. The lowest BCUT2D eigenvalue weighted by Crippen LogP contribution is -2.17. The molecule has 15 heavy (non-hydrogen) atoms. The number of alkyl halides is 2. The zero-order chi connectivity index (χ0) is 11.6. The van der Waals surface area contributed by atoms with Crippen molar-refractivity contribution in [3.63, 3.8) is 0 Å². The predicted octanol–water partition coefficient (Wildman–Crippen LogP) is 0.709. The average Bonchev–Trinajstić information content (AvgIpc) is 2.16. The van der Waals surface area contributed by atoms with Crippen LogP contribution in [0, 0.1) is 0 Å². The van der Waals surface area contributed by atoms with Gasteiger partial charge in [0.05, 0.1) is 12.7 Å². The summed E-state index contributed by atoms with van der Waals surface area (Å²) in [6.07, 6.45) is -2.87. The molecule has 0 radical (unpaired) electrons. The van der Waals surface area contributed by atoms with Gasteiger partial charge in [-0.25, -0.2) is 13.8 Å². The van der Waals surface area contributed by atoms with E-state index in [0.29, 0.717) is 0 Å². The Hall–Kier alpha value is -1.92. The normalized spacial score (nSPS) is 10.4. The maximum atomic E-state index is 12.5. The van der Waals surface area contributed by atoms with E-state index in [2.05, 4.69) is 4.98 Å². The highest BCUT2D eigenvalue weighted by atomic mass is 19.3. The molecule has 0 bridgehead atoms. The second-order valence-corrected chi connectivity index (χ2v) is 2.68. The Bertz CT molecular complexity index is 396. The van der Waals surface area contributed by atoms with E-state index < -0.39 is 23.6 Å². The van der Waals surface area contributed by atoms with Crippen molar-refractivity contribution in [2.75, 3.05) is 12.8 Å². The zero-order valence-corrected chi connectivity index (χ0v) is 7.83. The Morgan fingerprint density at radius 2 is 2.20 bits per heavy atom. The van der Waals surface area contributed by atoms with Crippen molar-refractivity contribution in [3.8, 4) is 5.75 Å². The molecule has 0 aliphatic heterocycles. The van der Waals surface area contributed by atoms with Gasteiger partial charge in [-0.2, -0.15) is 0 Å². The van der Waals surface area contributed by atoms with Gasteiger partial charge in [-0.1, -0.05) is 0 Å². The molecule has 0 saturated heterocycles. The molecule has 0 unspecified atom stereocenters. The summed E-state index contributed by atoms with van der Waals surface area (Å²) in [6, 6.07) is 0.951. The fourth-order valence-electron chi connectivity index (χ4n) is 1.05. The van der Waals surface area contributed by atoms with Crippen molar-refractivity contribution in [2.45, 2.75) is 6.43 Å². The molecule has 0 aromatic carbocycles. The van der Waals surface area contributed by atoms with Crippen molar-refractivity contribution < 1.29 is 18.3 Å². The number of carbonyl (C=O) groups is 1. The number of halogens is 2. The number of amides is 1. The van der Waals surface area contributed by atoms with Gasteiger partial charge in [-0.05, 0) is 6.07 Å². The molecule has 0 saturated carbocycles. The summed E-state index contributed by atoms with van der Waals surface area (Å²) in [5, 5.41) is 0. The molecule has 1 aromatic heterocycles. The van der Waals surface area contributed by atoms with E-state index in [1.165, 1.54) is 7.11 Å². The van der Waals surface area contributed by atoms with Crippen molar-refractivity contribution in [2.24, 2.45) is 5.73 Å². The highest BCUT2D eigenvalue weighted by molar-refractivity contribution is 5.93. The number of carbonyl (C=O) groups excluding carboxylic acids is 1. The second-order valence-electron chi connectivity index (χ2n) is 2.68. The Morgan fingerprint density at radius 3 is 2.60 bits per heavy atom. The van der Waals surface area contributed by atoms with Gasteiger partial charge in [0.1, 0.15) is 5.69 Å². The summed E-state index contributed by atoms with van der Waals surface area (Å²) < 4.78 is 29.7. The van der Waals surface area contributed by atoms with Crippen LogP contribution in [0.5, 0.6) is 5.75 Å². The summed E-state index contributed by atoms with van der Waals surface area (Å²) in [7, 11) is 1.26. The van der Waals surface area contributed by atoms with Gasteiger partial charge in [0.25, 0.3) is 12.3 Å². The van der Waals surface area contributed by atoms with E-state index >= 15 is 0 Å². The summed E-state index contributed by atoms with van der Waals surface area (Å²) >= 11 is 0. The number of anilines is 1. The Balaban J connectivity index is 3.38. The van der Waals surface area contributed by atoms with Crippen molar-refractivity contribution >= 4 is 11.7 Å². The van der Waals surface area contributed by atoms with Crippen molar-refractivity contribution in [3.05, 3.63) is 17.3 Å². The molecule has 0 spiro atoms. The third-order valence-corrected chi connectivity index (χ3v) is 1.73.